The summed E-state index contributed by atoms with van der Waals surface area (Å²) in [5, 5.41) is 3.10. The first-order valence-corrected chi connectivity index (χ1v) is 8.15. The summed E-state index contributed by atoms with van der Waals surface area (Å²) in [5.41, 5.74) is 1.43. The maximum atomic E-state index is 12.5. The van der Waals surface area contributed by atoms with Crippen LogP contribution in [0.25, 0.3) is 0 Å². The molecule has 0 aliphatic carbocycles. The van der Waals surface area contributed by atoms with Gasteiger partial charge in [-0.1, -0.05) is 50.6 Å². The molecule has 0 saturated carbocycles. The van der Waals surface area contributed by atoms with Crippen molar-refractivity contribution in [3.05, 3.63) is 35.9 Å². The van der Waals surface area contributed by atoms with Crippen molar-refractivity contribution in [2.45, 2.75) is 32.6 Å². The van der Waals surface area contributed by atoms with E-state index >= 15 is 0 Å². The van der Waals surface area contributed by atoms with Crippen molar-refractivity contribution in [3.8, 4) is 0 Å². The Morgan fingerprint density at radius 3 is 2.71 bits per heavy atom. The quantitative estimate of drug-likeness (QED) is 0.903. The number of carbonyl (C=O) groups excluding carboxylic acids is 1. The fourth-order valence-electron chi connectivity index (χ4n) is 3.49. The van der Waals surface area contributed by atoms with Crippen LogP contribution < -0.4 is 5.32 Å². The molecule has 1 aromatic rings. The molecule has 3 nitrogen and oxygen atoms in total. The summed E-state index contributed by atoms with van der Waals surface area (Å²) >= 11 is 0. The van der Waals surface area contributed by atoms with Crippen LogP contribution in [0.15, 0.2) is 30.3 Å². The minimum Gasteiger partial charge on any atom is -0.342 e. The Hall–Kier alpha value is -1.35. The summed E-state index contributed by atoms with van der Waals surface area (Å²) in [6, 6.07) is 10.8. The molecule has 1 aliphatic heterocycles. The fraction of sp³-hybridized carbons (Fsp3) is 0.611. The molecule has 21 heavy (non-hydrogen) atoms. The number of hydrogen-bond donors (Lipinski definition) is 1. The third-order valence-electron chi connectivity index (χ3n) is 4.73. The summed E-state index contributed by atoms with van der Waals surface area (Å²) in [4.78, 5) is 14.6. The highest BCUT2D eigenvalue weighted by Crippen LogP contribution is 2.35. The highest BCUT2D eigenvalue weighted by Gasteiger charge is 2.32. The van der Waals surface area contributed by atoms with Gasteiger partial charge in [-0.25, -0.2) is 0 Å². The van der Waals surface area contributed by atoms with Crippen LogP contribution in [0, 0.1) is 11.8 Å². The summed E-state index contributed by atoms with van der Waals surface area (Å²) in [7, 11) is 1.90. The Morgan fingerprint density at radius 1 is 1.38 bits per heavy atom. The molecule has 3 heteroatoms. The van der Waals surface area contributed by atoms with E-state index in [1.807, 2.05) is 14.0 Å². The molecule has 3 unspecified atom stereocenters. The van der Waals surface area contributed by atoms with Crippen LogP contribution >= 0.6 is 0 Å². The minimum atomic E-state index is 0.0702. The lowest BCUT2D eigenvalue weighted by Gasteiger charge is -2.39. The molecule has 1 N–H and O–H groups in total. The second-order valence-electron chi connectivity index (χ2n) is 6.22. The number of likely N-dealkylation sites (tertiary alicyclic amines) is 1. The highest BCUT2D eigenvalue weighted by molar-refractivity contribution is 5.78. The fourth-order valence-corrected chi connectivity index (χ4v) is 3.49. The average Bonchev–Trinajstić information content (AvgIpc) is 2.54. The predicted octanol–water partition coefficient (Wildman–Crippen LogP) is 2.88. The highest BCUT2D eigenvalue weighted by atomic mass is 16.2. The molecule has 1 aliphatic rings. The largest absolute Gasteiger partial charge is 0.342 e. The normalized spacial score (nSPS) is 23.9. The van der Waals surface area contributed by atoms with Crippen molar-refractivity contribution >= 4 is 5.91 Å². The topological polar surface area (TPSA) is 32.3 Å². The zero-order valence-electron chi connectivity index (χ0n) is 13.5. The van der Waals surface area contributed by atoms with Gasteiger partial charge in [0.05, 0.1) is 0 Å². The average molecular weight is 288 g/mol. The summed E-state index contributed by atoms with van der Waals surface area (Å²) < 4.78 is 0. The third kappa shape index (κ3) is 3.85. The molecule has 0 bridgehead atoms. The number of amides is 1. The van der Waals surface area contributed by atoms with Gasteiger partial charge in [0.15, 0.2) is 0 Å². The van der Waals surface area contributed by atoms with E-state index in [1.54, 1.807) is 0 Å². The lowest BCUT2D eigenvalue weighted by molar-refractivity contribution is -0.137. The van der Waals surface area contributed by atoms with Crippen LogP contribution in [-0.2, 0) is 4.79 Å². The van der Waals surface area contributed by atoms with E-state index in [0.29, 0.717) is 17.7 Å². The number of piperidine rings is 1. The number of hydrogen-bond acceptors (Lipinski definition) is 2. The summed E-state index contributed by atoms with van der Waals surface area (Å²) in [6.45, 7) is 6.81. The number of carbonyl (C=O) groups is 1. The second kappa shape index (κ2) is 7.60. The number of benzene rings is 1. The molecule has 1 aromatic carbocycles. The van der Waals surface area contributed by atoms with Crippen molar-refractivity contribution < 1.29 is 4.79 Å². The van der Waals surface area contributed by atoms with E-state index in [4.69, 9.17) is 0 Å². The SMILES string of the molecule is CCC1CN(C(=O)C(C)CNC)CCC1c1ccccc1. The second-order valence-corrected chi connectivity index (χ2v) is 6.22. The van der Waals surface area contributed by atoms with Gasteiger partial charge in [0.2, 0.25) is 5.91 Å². The summed E-state index contributed by atoms with van der Waals surface area (Å²) in [6.07, 6.45) is 2.21. The molecule has 1 amide bonds. The van der Waals surface area contributed by atoms with Crippen molar-refractivity contribution in [2.75, 3.05) is 26.7 Å². The maximum Gasteiger partial charge on any atom is 0.226 e. The lowest BCUT2D eigenvalue weighted by atomic mass is 9.79. The number of nitrogens with zero attached hydrogens (tertiary/aromatic N) is 1. The molecule has 3 atom stereocenters. The molecular weight excluding hydrogens is 260 g/mol. The Bertz CT molecular complexity index is 446. The van der Waals surface area contributed by atoms with Gasteiger partial charge in [0.1, 0.15) is 0 Å². The number of rotatable bonds is 5. The van der Waals surface area contributed by atoms with Crippen molar-refractivity contribution in [3.63, 3.8) is 0 Å². The Balaban J connectivity index is 2.03. The molecule has 0 spiro atoms. The van der Waals surface area contributed by atoms with Gasteiger partial charge in [0, 0.05) is 25.6 Å². The van der Waals surface area contributed by atoms with E-state index in [9.17, 15) is 4.79 Å². The Morgan fingerprint density at radius 2 is 2.10 bits per heavy atom. The molecule has 2 rings (SSSR count). The van der Waals surface area contributed by atoms with Crippen LogP contribution in [0.3, 0.4) is 0 Å². The van der Waals surface area contributed by atoms with E-state index < -0.39 is 0 Å². The first-order valence-electron chi connectivity index (χ1n) is 8.15. The van der Waals surface area contributed by atoms with E-state index in [1.165, 1.54) is 5.56 Å². The van der Waals surface area contributed by atoms with Gasteiger partial charge >= 0.3 is 0 Å². The first kappa shape index (κ1) is 16.0. The van der Waals surface area contributed by atoms with Crippen LogP contribution in [-0.4, -0.2) is 37.5 Å². The van der Waals surface area contributed by atoms with Gasteiger partial charge in [-0.05, 0) is 30.9 Å². The smallest absolute Gasteiger partial charge is 0.226 e. The van der Waals surface area contributed by atoms with Crippen LogP contribution in [0.2, 0.25) is 0 Å². The van der Waals surface area contributed by atoms with Crippen LogP contribution in [0.4, 0.5) is 0 Å². The predicted molar refractivity (Wildman–Crippen MR) is 87.3 cm³/mol. The van der Waals surface area contributed by atoms with Gasteiger partial charge in [-0.2, -0.15) is 0 Å². The van der Waals surface area contributed by atoms with E-state index in [-0.39, 0.29) is 5.92 Å². The van der Waals surface area contributed by atoms with Crippen molar-refractivity contribution in [1.82, 2.24) is 10.2 Å². The zero-order chi connectivity index (χ0) is 15.2. The monoisotopic (exact) mass is 288 g/mol. The molecular formula is C18H28N2O. The molecule has 116 valence electrons. The Labute approximate surface area is 128 Å². The van der Waals surface area contributed by atoms with Gasteiger partial charge in [-0.15, -0.1) is 0 Å². The van der Waals surface area contributed by atoms with Gasteiger partial charge in [-0.3, -0.25) is 4.79 Å². The molecule has 1 fully saturated rings. The lowest BCUT2D eigenvalue weighted by Crippen LogP contribution is -2.46. The van der Waals surface area contributed by atoms with Gasteiger partial charge in [0.25, 0.3) is 0 Å². The van der Waals surface area contributed by atoms with Crippen molar-refractivity contribution in [1.29, 1.82) is 0 Å². The Kier molecular flexibility index (Phi) is 5.80. The third-order valence-corrected chi connectivity index (χ3v) is 4.73. The van der Waals surface area contributed by atoms with E-state index in [0.717, 1.165) is 32.5 Å². The maximum absolute atomic E-state index is 12.5. The molecule has 0 radical (unpaired) electrons. The number of nitrogens with one attached hydrogen (secondary N) is 1. The molecule has 1 saturated heterocycles. The standard InChI is InChI=1S/C18H28N2O/c1-4-15-13-20(18(21)14(2)12-19-3)11-10-17(15)16-8-6-5-7-9-16/h5-9,14-15,17,19H,4,10-13H2,1-3H3. The van der Waals surface area contributed by atoms with Crippen molar-refractivity contribution in [2.24, 2.45) is 11.8 Å². The minimum absolute atomic E-state index is 0.0702. The van der Waals surface area contributed by atoms with E-state index in [2.05, 4.69) is 47.5 Å². The molecule has 0 aromatic heterocycles. The molecule has 1 heterocycles. The summed E-state index contributed by atoms with van der Waals surface area (Å²) in [5.74, 6) is 1.54. The van der Waals surface area contributed by atoms with Crippen LogP contribution in [0.1, 0.15) is 38.2 Å². The van der Waals surface area contributed by atoms with Crippen LogP contribution in [0.5, 0.6) is 0 Å². The van der Waals surface area contributed by atoms with Gasteiger partial charge < -0.3 is 10.2 Å². The first-order chi connectivity index (χ1) is 10.2. The zero-order valence-corrected chi connectivity index (χ0v) is 13.5.